The van der Waals surface area contributed by atoms with Gasteiger partial charge in [-0.3, -0.25) is 4.99 Å². The van der Waals surface area contributed by atoms with Crippen LogP contribution in [-0.2, 0) is 0 Å². The van der Waals surface area contributed by atoms with Crippen LogP contribution < -0.4 is 4.99 Å². The van der Waals surface area contributed by atoms with Crippen LogP contribution in [0.3, 0.4) is 0 Å². The molecule has 0 aromatic carbocycles. The third-order valence-corrected chi connectivity index (χ3v) is 0.846. The Kier molecular flexibility index (Phi) is 0.748. The molecule has 1 aliphatic heterocycles. The lowest BCUT2D eigenvalue weighted by Crippen LogP contribution is -2.71. The van der Waals surface area contributed by atoms with Gasteiger partial charge >= 0.3 is 0 Å². The van der Waals surface area contributed by atoms with Gasteiger partial charge in [-0.15, -0.1) is 0 Å². The zero-order chi connectivity index (χ0) is 4.41. The lowest BCUT2D eigenvalue weighted by atomic mass is 10.2. The molecule has 0 amide bonds. The molecule has 0 saturated carbocycles. The van der Waals surface area contributed by atoms with Crippen molar-refractivity contribution in [2.45, 2.75) is 13.3 Å². The summed E-state index contributed by atoms with van der Waals surface area (Å²) in [6.07, 6.45) is 5.87. The minimum absolute atomic E-state index is 1.08. The maximum absolute atomic E-state index is 2.98. The Morgan fingerprint density at radius 1 is 2.00 bits per heavy atom. The lowest BCUT2D eigenvalue weighted by Gasteiger charge is -2.05. The minimum atomic E-state index is 1.08. The van der Waals surface area contributed by atoms with Crippen molar-refractivity contribution in [3.05, 3.63) is 12.3 Å². The third kappa shape index (κ3) is 0.361. The van der Waals surface area contributed by atoms with Gasteiger partial charge in [0, 0.05) is 5.71 Å². The summed E-state index contributed by atoms with van der Waals surface area (Å²) < 4.78 is 0. The van der Waals surface area contributed by atoms with E-state index >= 15 is 0 Å². The summed E-state index contributed by atoms with van der Waals surface area (Å²) in [6.45, 7) is 2.10. The molecule has 0 saturated heterocycles. The van der Waals surface area contributed by atoms with Gasteiger partial charge in [-0.05, 0) is 12.6 Å². The van der Waals surface area contributed by atoms with Crippen molar-refractivity contribution in [3.63, 3.8) is 0 Å². The monoisotopic (exact) mass is 81.1 g/mol. The van der Waals surface area contributed by atoms with Crippen LogP contribution in [0.25, 0.3) is 0 Å². The SMILES string of the molecule is CCC1=[NH+]C=[C-]1. The van der Waals surface area contributed by atoms with Crippen LogP contribution >= 0.6 is 0 Å². The Morgan fingerprint density at radius 2 is 2.67 bits per heavy atom. The molecule has 32 valence electrons. The van der Waals surface area contributed by atoms with E-state index in [-0.39, 0.29) is 0 Å². The summed E-state index contributed by atoms with van der Waals surface area (Å²) in [5.74, 6) is 0. The fourth-order valence-electron chi connectivity index (χ4n) is 0.378. The summed E-state index contributed by atoms with van der Waals surface area (Å²) >= 11 is 0. The molecule has 6 heavy (non-hydrogen) atoms. The van der Waals surface area contributed by atoms with Gasteiger partial charge in [-0.2, -0.15) is 0 Å². The maximum Gasteiger partial charge on any atom is 0.00541 e. The Bertz CT molecular complexity index is 101. The molecular formula is C5H7N. The van der Waals surface area contributed by atoms with E-state index < -0.39 is 0 Å². The first-order chi connectivity index (χ1) is 2.93. The van der Waals surface area contributed by atoms with Gasteiger partial charge in [-0.25, -0.2) is 0 Å². The molecule has 1 heteroatoms. The fourth-order valence-corrected chi connectivity index (χ4v) is 0.378. The van der Waals surface area contributed by atoms with E-state index in [0.29, 0.717) is 0 Å². The molecule has 0 fully saturated rings. The van der Waals surface area contributed by atoms with Crippen molar-refractivity contribution in [1.82, 2.24) is 0 Å². The van der Waals surface area contributed by atoms with E-state index in [1.165, 1.54) is 5.71 Å². The van der Waals surface area contributed by atoms with Crippen molar-refractivity contribution >= 4 is 5.71 Å². The highest BCUT2D eigenvalue weighted by atomic mass is 14.7. The molecule has 1 N–H and O–H groups in total. The summed E-state index contributed by atoms with van der Waals surface area (Å²) in [6, 6.07) is 0. The number of rotatable bonds is 1. The maximum atomic E-state index is 2.98. The third-order valence-electron chi connectivity index (χ3n) is 0.846. The average Bonchev–Trinajstić information content (AvgIpc) is 1.31. The van der Waals surface area contributed by atoms with Gasteiger partial charge in [0.15, 0.2) is 0 Å². The molecule has 1 heterocycles. The van der Waals surface area contributed by atoms with Crippen LogP contribution in [0.15, 0.2) is 6.20 Å². The molecular weight excluding hydrogens is 74.1 g/mol. The number of hydrogen-bond acceptors (Lipinski definition) is 0. The Labute approximate surface area is 37.4 Å². The van der Waals surface area contributed by atoms with Gasteiger partial charge in [0.25, 0.3) is 0 Å². The second kappa shape index (κ2) is 1.25. The van der Waals surface area contributed by atoms with Crippen LogP contribution in [-0.4, -0.2) is 5.71 Å². The van der Waals surface area contributed by atoms with Gasteiger partial charge in [-0.1, -0.05) is 6.92 Å². The Balaban J connectivity index is 2.37. The predicted octanol–water partition coefficient (Wildman–Crippen LogP) is -0.752. The van der Waals surface area contributed by atoms with Crippen LogP contribution in [0.1, 0.15) is 13.3 Å². The standard InChI is InChI=1S/C5H6N/c1-2-5-3-4-6-5/h4H,2H2,1H3/q-1/p+1. The van der Waals surface area contributed by atoms with E-state index in [0.717, 1.165) is 6.42 Å². The zero-order valence-corrected chi connectivity index (χ0v) is 3.78. The second-order valence-electron chi connectivity index (χ2n) is 1.27. The molecule has 1 rings (SSSR count). The average molecular weight is 81.1 g/mol. The molecule has 0 atom stereocenters. The lowest BCUT2D eigenvalue weighted by molar-refractivity contribution is -0.388. The topological polar surface area (TPSA) is 14.0 Å². The van der Waals surface area contributed by atoms with Crippen molar-refractivity contribution in [2.24, 2.45) is 0 Å². The smallest absolute Gasteiger partial charge is 0.00541 e. The Morgan fingerprint density at radius 3 is 2.67 bits per heavy atom. The van der Waals surface area contributed by atoms with Crippen LogP contribution in [0.5, 0.6) is 0 Å². The first-order valence-electron chi connectivity index (χ1n) is 2.14. The van der Waals surface area contributed by atoms with E-state index in [1.54, 1.807) is 0 Å². The summed E-state index contributed by atoms with van der Waals surface area (Å²) in [7, 11) is 0. The number of nitrogens with one attached hydrogen (secondary N) is 1. The summed E-state index contributed by atoms with van der Waals surface area (Å²) in [5, 5.41) is 0. The van der Waals surface area contributed by atoms with Crippen molar-refractivity contribution in [2.75, 3.05) is 0 Å². The Hall–Kier alpha value is -0.590. The number of allylic oxidation sites excluding steroid dienone is 1. The molecule has 0 radical (unpaired) electrons. The largest absolute Gasteiger partial charge is 0.334 e. The van der Waals surface area contributed by atoms with E-state index in [1.807, 2.05) is 6.20 Å². The second-order valence-corrected chi connectivity index (χ2v) is 1.27. The fraction of sp³-hybridized carbons (Fsp3) is 0.400. The molecule has 0 bridgehead atoms. The summed E-state index contributed by atoms with van der Waals surface area (Å²) in [5.41, 5.74) is 1.22. The highest BCUT2D eigenvalue weighted by molar-refractivity contribution is 5.87. The van der Waals surface area contributed by atoms with Crippen molar-refractivity contribution in [1.29, 1.82) is 0 Å². The molecule has 0 aromatic heterocycles. The first-order valence-corrected chi connectivity index (χ1v) is 2.14. The molecule has 1 aliphatic rings. The van der Waals surface area contributed by atoms with Crippen molar-refractivity contribution in [3.8, 4) is 0 Å². The van der Waals surface area contributed by atoms with Gasteiger partial charge in [0.2, 0.25) is 0 Å². The highest BCUT2D eigenvalue weighted by Crippen LogP contribution is 1.78. The quantitative estimate of drug-likeness (QED) is 0.399. The number of hydrogen-bond donors (Lipinski definition) is 1. The molecule has 0 spiro atoms. The van der Waals surface area contributed by atoms with E-state index in [4.69, 9.17) is 0 Å². The van der Waals surface area contributed by atoms with E-state index in [9.17, 15) is 0 Å². The molecule has 0 aromatic rings. The molecule has 1 nitrogen and oxygen atoms in total. The normalized spacial score (nSPS) is 16.5. The highest BCUT2D eigenvalue weighted by Gasteiger charge is 1.84. The minimum Gasteiger partial charge on any atom is -0.334 e. The predicted molar refractivity (Wildman–Crippen MR) is 24.1 cm³/mol. The first kappa shape index (κ1) is 3.59. The summed E-state index contributed by atoms with van der Waals surface area (Å²) in [4.78, 5) is 2.98. The van der Waals surface area contributed by atoms with Crippen LogP contribution in [0.2, 0.25) is 0 Å². The van der Waals surface area contributed by atoms with Gasteiger partial charge in [0.05, 0.1) is 0 Å². The van der Waals surface area contributed by atoms with Crippen molar-refractivity contribution < 1.29 is 4.99 Å². The van der Waals surface area contributed by atoms with Gasteiger partial charge < -0.3 is 6.08 Å². The van der Waals surface area contributed by atoms with Crippen LogP contribution in [0.4, 0.5) is 0 Å². The zero-order valence-electron chi connectivity index (χ0n) is 3.78. The van der Waals surface area contributed by atoms with Gasteiger partial charge in [0.1, 0.15) is 0 Å². The van der Waals surface area contributed by atoms with E-state index in [2.05, 4.69) is 18.0 Å². The molecule has 0 aliphatic carbocycles. The molecule has 0 unspecified atom stereocenters. The van der Waals surface area contributed by atoms with Crippen LogP contribution in [0, 0.1) is 6.08 Å².